The second-order valence-corrected chi connectivity index (χ2v) is 12.5. The first-order valence-electron chi connectivity index (χ1n) is 17.6. The van der Waals surface area contributed by atoms with Gasteiger partial charge in [0.05, 0.1) is 0 Å². The molecule has 2 heterocycles. The van der Waals surface area contributed by atoms with Crippen LogP contribution >= 0.6 is 0 Å². The molecule has 0 spiro atoms. The highest BCUT2D eigenvalue weighted by Gasteiger charge is 2.14. The van der Waals surface area contributed by atoms with E-state index in [0.717, 1.165) is 55.6 Å². The highest BCUT2D eigenvalue weighted by Crippen LogP contribution is 2.30. The van der Waals surface area contributed by atoms with Crippen LogP contribution in [0.4, 0.5) is 0 Å². The Kier molecular flexibility index (Phi) is 9.63. The monoisotopic (exact) mass is 694 g/mol. The maximum atomic E-state index is 4.87. The Morgan fingerprint density at radius 1 is 0.315 bits per heavy atom. The molecule has 0 unspecified atom stereocenters. The van der Waals surface area contributed by atoms with E-state index in [4.69, 9.17) is 29.9 Å². The number of allylic oxidation sites excluding steroid dienone is 4. The molecule has 6 aromatic carbocycles. The van der Waals surface area contributed by atoms with Gasteiger partial charge in [-0.05, 0) is 22.3 Å². The SMILES string of the molecule is C=C/C=C(\C=C)c1nc(-c2ccccc2)nc(-c2ccc(-c3ccc(-c4ccc(-c5nc(-c6ccccc6)nc(-c6ccccc6)n5)cc4)cc3)cc2)n1. The first-order chi connectivity index (χ1) is 26.6. The third-order valence-electron chi connectivity index (χ3n) is 8.98. The zero-order valence-corrected chi connectivity index (χ0v) is 29.4. The number of hydrogen-bond donors (Lipinski definition) is 0. The highest BCUT2D eigenvalue weighted by molar-refractivity contribution is 5.76. The minimum Gasteiger partial charge on any atom is -0.208 e. The van der Waals surface area contributed by atoms with Gasteiger partial charge < -0.3 is 0 Å². The molecule has 0 atom stereocenters. The number of aromatic nitrogens is 6. The Hall–Kier alpha value is -7.44. The number of benzene rings is 6. The first-order valence-corrected chi connectivity index (χ1v) is 17.6. The molecule has 6 heteroatoms. The van der Waals surface area contributed by atoms with E-state index in [1.807, 2.05) is 109 Å². The predicted molar refractivity (Wildman–Crippen MR) is 220 cm³/mol. The Labute approximate surface area is 314 Å². The van der Waals surface area contributed by atoms with Crippen molar-refractivity contribution in [1.29, 1.82) is 0 Å². The molecule has 0 aliphatic rings. The summed E-state index contributed by atoms with van der Waals surface area (Å²) < 4.78 is 0. The average molecular weight is 695 g/mol. The van der Waals surface area contributed by atoms with E-state index >= 15 is 0 Å². The predicted octanol–water partition coefficient (Wildman–Crippen LogP) is 11.5. The summed E-state index contributed by atoms with van der Waals surface area (Å²) in [4.78, 5) is 29.0. The lowest BCUT2D eigenvalue weighted by Crippen LogP contribution is -2.02. The molecule has 0 radical (unpaired) electrons. The van der Waals surface area contributed by atoms with Gasteiger partial charge in [-0.25, -0.2) is 29.9 Å². The number of rotatable bonds is 10. The summed E-state index contributed by atoms with van der Waals surface area (Å²) in [6, 6.07) is 55.2. The summed E-state index contributed by atoms with van der Waals surface area (Å²) in [6.45, 7) is 7.78. The van der Waals surface area contributed by atoms with Crippen LogP contribution in [0.5, 0.6) is 0 Å². The van der Waals surface area contributed by atoms with E-state index in [2.05, 4.69) is 73.8 Å². The molecule has 6 nitrogen and oxygen atoms in total. The van der Waals surface area contributed by atoms with E-state index < -0.39 is 0 Å². The molecule has 0 aliphatic carbocycles. The maximum Gasteiger partial charge on any atom is 0.164 e. The molecule has 0 aliphatic heterocycles. The van der Waals surface area contributed by atoms with Crippen molar-refractivity contribution in [2.24, 2.45) is 0 Å². The first kappa shape index (κ1) is 33.7. The Morgan fingerprint density at radius 2 is 0.574 bits per heavy atom. The number of hydrogen-bond acceptors (Lipinski definition) is 6. The third-order valence-corrected chi connectivity index (χ3v) is 8.98. The molecule has 8 aromatic rings. The minimum atomic E-state index is 0.545. The zero-order chi connectivity index (χ0) is 36.7. The van der Waals surface area contributed by atoms with Crippen LogP contribution in [0, 0.1) is 0 Å². The quantitative estimate of drug-likeness (QED) is 0.133. The normalized spacial score (nSPS) is 11.2. The van der Waals surface area contributed by atoms with Crippen LogP contribution in [0.25, 0.3) is 84.8 Å². The molecule has 0 saturated heterocycles. The van der Waals surface area contributed by atoms with Crippen LogP contribution in [0.2, 0.25) is 0 Å². The lowest BCUT2D eigenvalue weighted by atomic mass is 9.99. The molecule has 2 aromatic heterocycles. The summed E-state index contributed by atoms with van der Waals surface area (Å²) in [5.41, 5.74) is 9.81. The van der Waals surface area contributed by atoms with Crippen LogP contribution in [-0.2, 0) is 0 Å². The maximum absolute atomic E-state index is 4.87. The van der Waals surface area contributed by atoms with E-state index in [1.54, 1.807) is 12.2 Å². The number of nitrogens with zero attached hydrogens (tertiary/aromatic N) is 6. The molecule has 256 valence electrons. The standard InChI is InChI=1S/C48H34N6/c1-3-14-33(4-2)43-49-44(38-15-8-5-9-16-38)52-47(50-43)41-29-25-36(26-30-41)34-21-23-35(24-22-34)37-27-31-42(32-28-37)48-53-45(39-17-10-6-11-18-39)51-46(54-48)40-19-12-7-13-20-40/h3-32H,1-2H2/b33-14+. The van der Waals surface area contributed by atoms with E-state index in [-0.39, 0.29) is 0 Å². The lowest BCUT2D eigenvalue weighted by molar-refractivity contribution is 1.04. The topological polar surface area (TPSA) is 77.3 Å². The summed E-state index contributed by atoms with van der Waals surface area (Å²) >= 11 is 0. The van der Waals surface area contributed by atoms with Gasteiger partial charge >= 0.3 is 0 Å². The van der Waals surface area contributed by atoms with Gasteiger partial charge in [-0.2, -0.15) is 0 Å². The molecule has 0 N–H and O–H groups in total. The van der Waals surface area contributed by atoms with Gasteiger partial charge in [0.25, 0.3) is 0 Å². The minimum absolute atomic E-state index is 0.545. The van der Waals surface area contributed by atoms with Gasteiger partial charge in [0.2, 0.25) is 0 Å². The molecular formula is C48H34N6. The molecule has 0 saturated carbocycles. The Bertz CT molecular complexity index is 2520. The smallest absolute Gasteiger partial charge is 0.164 e. The summed E-state index contributed by atoms with van der Waals surface area (Å²) in [5.74, 6) is 3.65. The summed E-state index contributed by atoms with van der Waals surface area (Å²) in [7, 11) is 0. The van der Waals surface area contributed by atoms with Crippen LogP contribution < -0.4 is 0 Å². The largest absolute Gasteiger partial charge is 0.208 e. The van der Waals surface area contributed by atoms with E-state index in [9.17, 15) is 0 Å². The van der Waals surface area contributed by atoms with Gasteiger partial charge in [0, 0.05) is 33.4 Å². The molecule has 0 bridgehead atoms. The second-order valence-electron chi connectivity index (χ2n) is 12.5. The molecule has 0 amide bonds. The Balaban J connectivity index is 1.04. The molecular weight excluding hydrogens is 661 g/mol. The Morgan fingerprint density at radius 3 is 0.852 bits per heavy atom. The van der Waals surface area contributed by atoms with Crippen molar-refractivity contribution < 1.29 is 0 Å². The van der Waals surface area contributed by atoms with Crippen molar-refractivity contribution in [3.8, 4) is 79.2 Å². The fourth-order valence-electron chi connectivity index (χ4n) is 6.13. The fourth-order valence-corrected chi connectivity index (χ4v) is 6.13. The van der Waals surface area contributed by atoms with Crippen molar-refractivity contribution in [3.05, 3.63) is 201 Å². The van der Waals surface area contributed by atoms with Gasteiger partial charge in [0.15, 0.2) is 34.9 Å². The zero-order valence-electron chi connectivity index (χ0n) is 29.4. The van der Waals surface area contributed by atoms with Gasteiger partial charge in [0.1, 0.15) is 0 Å². The van der Waals surface area contributed by atoms with Crippen molar-refractivity contribution in [3.63, 3.8) is 0 Å². The van der Waals surface area contributed by atoms with Gasteiger partial charge in [-0.3, -0.25) is 0 Å². The van der Waals surface area contributed by atoms with Crippen molar-refractivity contribution in [2.45, 2.75) is 0 Å². The van der Waals surface area contributed by atoms with E-state index in [0.29, 0.717) is 34.9 Å². The van der Waals surface area contributed by atoms with Crippen LogP contribution in [-0.4, -0.2) is 29.9 Å². The lowest BCUT2D eigenvalue weighted by Gasteiger charge is -2.10. The van der Waals surface area contributed by atoms with Crippen molar-refractivity contribution in [1.82, 2.24) is 29.9 Å². The van der Waals surface area contributed by atoms with Gasteiger partial charge in [-0.15, -0.1) is 0 Å². The highest BCUT2D eigenvalue weighted by atomic mass is 15.0. The fraction of sp³-hybridized carbons (Fsp3) is 0. The average Bonchev–Trinajstić information content (AvgIpc) is 3.26. The summed E-state index contributed by atoms with van der Waals surface area (Å²) in [5, 5.41) is 0. The van der Waals surface area contributed by atoms with Crippen LogP contribution in [0.15, 0.2) is 195 Å². The van der Waals surface area contributed by atoms with Crippen LogP contribution in [0.3, 0.4) is 0 Å². The van der Waals surface area contributed by atoms with Gasteiger partial charge in [-0.1, -0.05) is 195 Å². The van der Waals surface area contributed by atoms with E-state index in [1.165, 1.54) is 0 Å². The second kappa shape index (κ2) is 15.4. The third kappa shape index (κ3) is 7.31. The molecule has 0 fully saturated rings. The summed E-state index contributed by atoms with van der Waals surface area (Å²) in [6.07, 6.45) is 5.29. The van der Waals surface area contributed by atoms with Crippen LogP contribution in [0.1, 0.15) is 5.82 Å². The van der Waals surface area contributed by atoms with Crippen molar-refractivity contribution >= 4 is 5.57 Å². The van der Waals surface area contributed by atoms with Crippen molar-refractivity contribution in [2.75, 3.05) is 0 Å². The molecule has 54 heavy (non-hydrogen) atoms. The molecule has 8 rings (SSSR count).